The molecule has 2 atom stereocenters. The number of likely N-dealkylation sites (tertiary alicyclic amines) is 2. The molecule has 0 aromatic heterocycles. The van der Waals surface area contributed by atoms with Gasteiger partial charge >= 0.3 is 0 Å². The first-order valence-corrected chi connectivity index (χ1v) is 15.6. The van der Waals surface area contributed by atoms with E-state index in [1.54, 1.807) is 9.80 Å². The molecule has 0 spiro atoms. The van der Waals surface area contributed by atoms with Crippen LogP contribution in [0, 0.1) is 0 Å². The fourth-order valence-corrected chi connectivity index (χ4v) is 5.89. The minimum Gasteiger partial charge on any atom is -0.378 e. The molecular weight excluding hydrogens is 582 g/mol. The second-order valence-corrected chi connectivity index (χ2v) is 11.8. The SMILES string of the molecule is COCC(=O)N1CCCC1C(=O)Nc1ccc(/C=C/c2ccc(NC(=O)C3CCCN3C(=O)c3ccc(N(C)C)cc3)cc2)cc1. The highest BCUT2D eigenvalue weighted by atomic mass is 16.5. The van der Waals surface area contributed by atoms with E-state index in [1.165, 1.54) is 7.11 Å². The molecule has 2 N–H and O–H groups in total. The van der Waals surface area contributed by atoms with Gasteiger partial charge in [0.2, 0.25) is 17.7 Å². The third-order valence-electron chi connectivity index (χ3n) is 8.42. The predicted molar refractivity (Wildman–Crippen MR) is 181 cm³/mol. The fourth-order valence-electron chi connectivity index (χ4n) is 5.89. The maximum Gasteiger partial charge on any atom is 0.254 e. The van der Waals surface area contributed by atoms with Crippen LogP contribution in [0.2, 0.25) is 0 Å². The van der Waals surface area contributed by atoms with E-state index >= 15 is 0 Å². The van der Waals surface area contributed by atoms with E-state index in [2.05, 4.69) is 10.6 Å². The van der Waals surface area contributed by atoms with Gasteiger partial charge in [0.1, 0.15) is 18.7 Å². The summed E-state index contributed by atoms with van der Waals surface area (Å²) in [7, 11) is 5.37. The van der Waals surface area contributed by atoms with Crippen LogP contribution in [0.3, 0.4) is 0 Å². The van der Waals surface area contributed by atoms with Gasteiger partial charge in [-0.3, -0.25) is 19.2 Å². The molecule has 240 valence electrons. The summed E-state index contributed by atoms with van der Waals surface area (Å²) in [5, 5.41) is 5.90. The molecule has 2 heterocycles. The molecule has 10 heteroatoms. The van der Waals surface area contributed by atoms with Gasteiger partial charge in [-0.1, -0.05) is 36.4 Å². The maximum atomic E-state index is 13.2. The quantitative estimate of drug-likeness (QED) is 0.316. The summed E-state index contributed by atoms with van der Waals surface area (Å²) in [6, 6.07) is 21.5. The Labute approximate surface area is 270 Å². The number of rotatable bonds is 10. The van der Waals surface area contributed by atoms with Crippen LogP contribution in [0.15, 0.2) is 72.8 Å². The molecule has 3 aromatic rings. The summed E-state index contributed by atoms with van der Waals surface area (Å²) >= 11 is 0. The van der Waals surface area contributed by atoms with E-state index in [-0.39, 0.29) is 30.2 Å². The molecule has 10 nitrogen and oxygen atoms in total. The van der Waals surface area contributed by atoms with E-state index in [4.69, 9.17) is 4.74 Å². The zero-order valence-corrected chi connectivity index (χ0v) is 26.6. The van der Waals surface area contributed by atoms with Crippen molar-refractivity contribution in [2.45, 2.75) is 37.8 Å². The third kappa shape index (κ3) is 7.81. The number of nitrogens with one attached hydrogen (secondary N) is 2. The smallest absolute Gasteiger partial charge is 0.254 e. The van der Waals surface area contributed by atoms with Crippen molar-refractivity contribution in [2.75, 3.05) is 56.4 Å². The Balaban J connectivity index is 1.13. The highest BCUT2D eigenvalue weighted by molar-refractivity contribution is 6.02. The summed E-state index contributed by atoms with van der Waals surface area (Å²) < 4.78 is 4.94. The maximum absolute atomic E-state index is 13.2. The van der Waals surface area contributed by atoms with Crippen LogP contribution in [-0.4, -0.2) is 86.4 Å². The van der Waals surface area contributed by atoms with Gasteiger partial charge in [-0.2, -0.15) is 0 Å². The monoisotopic (exact) mass is 623 g/mol. The third-order valence-corrected chi connectivity index (χ3v) is 8.42. The van der Waals surface area contributed by atoms with Crippen molar-refractivity contribution >= 4 is 52.8 Å². The Bertz CT molecular complexity index is 1570. The normalized spacial score (nSPS) is 17.7. The van der Waals surface area contributed by atoms with Crippen LogP contribution in [0.4, 0.5) is 17.1 Å². The summed E-state index contributed by atoms with van der Waals surface area (Å²) in [5.74, 6) is -0.687. The highest BCUT2D eigenvalue weighted by Gasteiger charge is 2.35. The lowest BCUT2D eigenvalue weighted by atomic mass is 10.1. The van der Waals surface area contributed by atoms with Crippen molar-refractivity contribution in [2.24, 2.45) is 0 Å². The molecule has 2 unspecified atom stereocenters. The Morgan fingerprint density at radius 2 is 1.22 bits per heavy atom. The average molecular weight is 624 g/mol. The van der Waals surface area contributed by atoms with Crippen molar-refractivity contribution < 1.29 is 23.9 Å². The number of hydrogen-bond donors (Lipinski definition) is 2. The lowest BCUT2D eigenvalue weighted by Crippen LogP contribution is -2.44. The minimum atomic E-state index is -0.511. The number of ether oxygens (including phenoxy) is 1. The molecule has 0 radical (unpaired) electrons. The topological polar surface area (TPSA) is 111 Å². The lowest BCUT2D eigenvalue weighted by Gasteiger charge is -2.24. The number of carbonyl (C=O) groups excluding carboxylic acids is 4. The van der Waals surface area contributed by atoms with Gasteiger partial charge in [0, 0.05) is 56.9 Å². The Kier molecular flexibility index (Phi) is 10.5. The Morgan fingerprint density at radius 1 is 0.739 bits per heavy atom. The van der Waals surface area contributed by atoms with Crippen LogP contribution in [0.25, 0.3) is 12.2 Å². The van der Waals surface area contributed by atoms with Gasteiger partial charge < -0.3 is 30.1 Å². The number of benzene rings is 3. The van der Waals surface area contributed by atoms with Gasteiger partial charge in [0.15, 0.2) is 0 Å². The molecule has 2 aliphatic rings. The van der Waals surface area contributed by atoms with Crippen LogP contribution < -0.4 is 15.5 Å². The molecule has 4 amide bonds. The molecular formula is C36H41N5O5. The summed E-state index contributed by atoms with van der Waals surface area (Å²) in [6.45, 7) is 1.08. The van der Waals surface area contributed by atoms with Gasteiger partial charge in [-0.25, -0.2) is 0 Å². The molecule has 0 bridgehead atoms. The van der Waals surface area contributed by atoms with Crippen LogP contribution in [-0.2, 0) is 19.1 Å². The number of anilines is 3. The highest BCUT2D eigenvalue weighted by Crippen LogP contribution is 2.24. The van der Waals surface area contributed by atoms with Gasteiger partial charge in [-0.15, -0.1) is 0 Å². The van der Waals surface area contributed by atoms with Crippen LogP contribution >= 0.6 is 0 Å². The van der Waals surface area contributed by atoms with E-state index in [0.29, 0.717) is 42.9 Å². The minimum absolute atomic E-state index is 0.0306. The van der Waals surface area contributed by atoms with Gasteiger partial charge in [-0.05, 0) is 85.3 Å². The zero-order valence-electron chi connectivity index (χ0n) is 26.6. The predicted octanol–water partition coefficient (Wildman–Crippen LogP) is 4.74. The molecule has 46 heavy (non-hydrogen) atoms. The van der Waals surface area contributed by atoms with Crippen molar-refractivity contribution in [1.29, 1.82) is 0 Å². The summed E-state index contributed by atoms with van der Waals surface area (Å²) in [4.78, 5) is 56.7. The zero-order chi connectivity index (χ0) is 32.6. The van der Waals surface area contributed by atoms with Gasteiger partial charge in [0.25, 0.3) is 5.91 Å². The van der Waals surface area contributed by atoms with Crippen molar-refractivity contribution in [3.05, 3.63) is 89.5 Å². The van der Waals surface area contributed by atoms with E-state index in [9.17, 15) is 19.2 Å². The number of nitrogens with zero attached hydrogens (tertiary/aromatic N) is 3. The second-order valence-electron chi connectivity index (χ2n) is 11.8. The van der Waals surface area contributed by atoms with Crippen molar-refractivity contribution in [3.63, 3.8) is 0 Å². The first-order valence-electron chi connectivity index (χ1n) is 15.6. The molecule has 0 aliphatic carbocycles. The molecule has 3 aromatic carbocycles. The second kappa shape index (κ2) is 14.9. The Morgan fingerprint density at radius 3 is 1.70 bits per heavy atom. The summed E-state index contributed by atoms with van der Waals surface area (Å²) in [6.07, 6.45) is 6.77. The van der Waals surface area contributed by atoms with E-state index in [1.807, 2.05) is 104 Å². The van der Waals surface area contributed by atoms with Crippen molar-refractivity contribution in [1.82, 2.24) is 9.80 Å². The van der Waals surface area contributed by atoms with Gasteiger partial charge in [0.05, 0.1) is 0 Å². The number of amides is 4. The molecule has 2 saturated heterocycles. The largest absolute Gasteiger partial charge is 0.378 e. The molecule has 0 saturated carbocycles. The average Bonchev–Trinajstić information content (AvgIpc) is 3.76. The number of carbonyl (C=O) groups is 4. The van der Waals surface area contributed by atoms with Crippen molar-refractivity contribution in [3.8, 4) is 0 Å². The number of methoxy groups -OCH3 is 1. The van der Waals surface area contributed by atoms with Crippen LogP contribution in [0.5, 0.6) is 0 Å². The number of hydrogen-bond acceptors (Lipinski definition) is 6. The van der Waals surface area contributed by atoms with E-state index in [0.717, 1.165) is 29.7 Å². The van der Waals surface area contributed by atoms with Crippen LogP contribution in [0.1, 0.15) is 47.2 Å². The first kappa shape index (κ1) is 32.4. The molecule has 2 aliphatic heterocycles. The summed E-state index contributed by atoms with van der Waals surface area (Å²) in [5.41, 5.74) is 4.83. The first-order chi connectivity index (χ1) is 22.2. The molecule has 5 rings (SSSR count). The van der Waals surface area contributed by atoms with E-state index < -0.39 is 12.1 Å². The lowest BCUT2D eigenvalue weighted by molar-refractivity contribution is -0.139. The molecule has 2 fully saturated rings. The standard InChI is InChI=1S/C36H41N5O5/c1-39(2)30-20-14-27(15-21-30)36(45)41-23-5-7-32(41)35(44)38-29-18-12-26(13-19-29)9-8-25-10-16-28(17-11-25)37-34(43)31-6-4-22-40(31)33(42)24-46-3/h8-21,31-32H,4-7,22-24H2,1-3H3,(H,37,43)(H,38,44)/b9-8+. The Hall–Kier alpha value is -4.96. The fraction of sp³-hybridized carbons (Fsp3) is 0.333.